The van der Waals surface area contributed by atoms with Crippen molar-refractivity contribution in [2.45, 2.75) is 34.1 Å². The minimum atomic E-state index is 1.03. The van der Waals surface area contributed by atoms with Crippen molar-refractivity contribution in [3.05, 3.63) is 65.3 Å². The van der Waals surface area contributed by atoms with Crippen LogP contribution in [0.2, 0.25) is 0 Å². The molecule has 0 heterocycles. The maximum Gasteiger partial charge on any atom is -0.00168 e. The summed E-state index contributed by atoms with van der Waals surface area (Å²) in [4.78, 5) is 0. The molecular weight excluding hydrogens is 204 g/mol. The van der Waals surface area contributed by atoms with Crippen LogP contribution >= 0.6 is 0 Å². The molecule has 0 N–H and O–H groups in total. The third kappa shape index (κ3) is 2.58. The normalized spacial score (nSPS) is 18.7. The SMILES string of the molecule is C=C1C(=C/C)/C(=C\C)Cc2ccccc21.CC. The second kappa shape index (κ2) is 6.24. The van der Waals surface area contributed by atoms with Gasteiger partial charge in [0.05, 0.1) is 0 Å². The van der Waals surface area contributed by atoms with Crippen molar-refractivity contribution in [1.29, 1.82) is 0 Å². The molecule has 17 heavy (non-hydrogen) atoms. The highest BCUT2D eigenvalue weighted by molar-refractivity contribution is 5.86. The van der Waals surface area contributed by atoms with E-state index in [0.717, 1.165) is 12.0 Å². The lowest BCUT2D eigenvalue weighted by Crippen LogP contribution is -2.07. The Morgan fingerprint density at radius 2 is 1.71 bits per heavy atom. The van der Waals surface area contributed by atoms with E-state index in [2.05, 4.69) is 56.8 Å². The lowest BCUT2D eigenvalue weighted by molar-refractivity contribution is 1.12. The molecule has 0 atom stereocenters. The molecule has 0 saturated carbocycles. The molecule has 0 aliphatic heterocycles. The van der Waals surface area contributed by atoms with E-state index in [1.54, 1.807) is 0 Å². The molecule has 0 spiro atoms. The smallest absolute Gasteiger partial charge is 0.00168 e. The molecular formula is C17H22. The second-order valence-electron chi connectivity index (χ2n) is 3.83. The Bertz CT molecular complexity index is 459. The minimum absolute atomic E-state index is 1.03. The van der Waals surface area contributed by atoms with Crippen molar-refractivity contribution >= 4 is 5.57 Å². The fourth-order valence-corrected chi connectivity index (χ4v) is 2.23. The van der Waals surface area contributed by atoms with E-state index in [1.807, 2.05) is 13.8 Å². The zero-order chi connectivity index (χ0) is 12.8. The van der Waals surface area contributed by atoms with Gasteiger partial charge in [-0.2, -0.15) is 0 Å². The molecule has 1 aliphatic rings. The summed E-state index contributed by atoms with van der Waals surface area (Å²) in [6.45, 7) is 12.4. The largest absolute Gasteiger partial charge is 0.0905 e. The molecule has 1 aliphatic carbocycles. The Kier molecular flexibility index (Phi) is 4.96. The van der Waals surface area contributed by atoms with Crippen LogP contribution in [0.3, 0.4) is 0 Å². The maximum absolute atomic E-state index is 4.20. The highest BCUT2D eigenvalue weighted by atomic mass is 14.2. The van der Waals surface area contributed by atoms with E-state index in [9.17, 15) is 0 Å². The first-order chi connectivity index (χ1) is 8.27. The van der Waals surface area contributed by atoms with Crippen LogP contribution in [-0.4, -0.2) is 0 Å². The Morgan fingerprint density at radius 3 is 2.29 bits per heavy atom. The zero-order valence-corrected chi connectivity index (χ0v) is 11.4. The summed E-state index contributed by atoms with van der Waals surface area (Å²) in [6.07, 6.45) is 5.38. The van der Waals surface area contributed by atoms with Gasteiger partial charge in [0.25, 0.3) is 0 Å². The van der Waals surface area contributed by atoms with Crippen LogP contribution in [0, 0.1) is 0 Å². The summed E-state index contributed by atoms with van der Waals surface area (Å²) in [7, 11) is 0. The number of hydrogen-bond acceptors (Lipinski definition) is 0. The van der Waals surface area contributed by atoms with Crippen LogP contribution in [0.5, 0.6) is 0 Å². The van der Waals surface area contributed by atoms with E-state index in [0.29, 0.717) is 0 Å². The molecule has 0 radical (unpaired) electrons. The highest BCUT2D eigenvalue weighted by Crippen LogP contribution is 2.36. The Labute approximate surface area is 105 Å². The van der Waals surface area contributed by atoms with Crippen LogP contribution in [0.1, 0.15) is 38.8 Å². The average molecular weight is 226 g/mol. The van der Waals surface area contributed by atoms with E-state index in [4.69, 9.17) is 0 Å². The van der Waals surface area contributed by atoms with Crippen molar-refractivity contribution < 1.29 is 0 Å². The number of fused-ring (bicyclic) bond motifs is 1. The van der Waals surface area contributed by atoms with Crippen LogP contribution in [0.4, 0.5) is 0 Å². The fourth-order valence-electron chi connectivity index (χ4n) is 2.23. The van der Waals surface area contributed by atoms with Crippen molar-refractivity contribution in [2.24, 2.45) is 0 Å². The Balaban J connectivity index is 0.000000686. The van der Waals surface area contributed by atoms with Gasteiger partial charge in [-0.25, -0.2) is 0 Å². The monoisotopic (exact) mass is 226 g/mol. The molecule has 0 fully saturated rings. The molecule has 90 valence electrons. The molecule has 0 saturated heterocycles. The lowest BCUT2D eigenvalue weighted by atomic mass is 9.81. The summed E-state index contributed by atoms with van der Waals surface area (Å²) in [6, 6.07) is 8.53. The molecule has 0 aromatic heterocycles. The Hall–Kier alpha value is -1.56. The fraction of sp³-hybridized carbons (Fsp3) is 0.294. The third-order valence-electron chi connectivity index (χ3n) is 3.03. The maximum atomic E-state index is 4.20. The summed E-state index contributed by atoms with van der Waals surface area (Å²) in [5.41, 5.74) is 6.54. The van der Waals surface area contributed by atoms with Gasteiger partial charge in [0.1, 0.15) is 0 Å². The predicted octanol–water partition coefficient (Wildman–Crippen LogP) is 5.17. The molecule has 0 nitrogen and oxygen atoms in total. The van der Waals surface area contributed by atoms with Crippen molar-refractivity contribution in [1.82, 2.24) is 0 Å². The number of allylic oxidation sites excluding steroid dienone is 5. The van der Waals surface area contributed by atoms with Crippen LogP contribution in [0.25, 0.3) is 5.57 Å². The summed E-state index contributed by atoms with van der Waals surface area (Å²) >= 11 is 0. The molecule has 0 bridgehead atoms. The molecule has 0 amide bonds. The van der Waals surface area contributed by atoms with Gasteiger partial charge in [-0.3, -0.25) is 0 Å². The summed E-state index contributed by atoms with van der Waals surface area (Å²) < 4.78 is 0. The lowest BCUT2D eigenvalue weighted by Gasteiger charge is -2.23. The van der Waals surface area contributed by atoms with Crippen LogP contribution in [0.15, 0.2) is 54.1 Å². The van der Waals surface area contributed by atoms with E-state index < -0.39 is 0 Å². The minimum Gasteiger partial charge on any atom is -0.0905 e. The molecule has 0 heteroatoms. The van der Waals surface area contributed by atoms with Gasteiger partial charge in [0.15, 0.2) is 0 Å². The zero-order valence-electron chi connectivity index (χ0n) is 11.4. The second-order valence-corrected chi connectivity index (χ2v) is 3.83. The van der Waals surface area contributed by atoms with Gasteiger partial charge in [0.2, 0.25) is 0 Å². The van der Waals surface area contributed by atoms with Gasteiger partial charge in [0, 0.05) is 0 Å². The number of hydrogen-bond donors (Lipinski definition) is 0. The first kappa shape index (κ1) is 13.5. The topological polar surface area (TPSA) is 0 Å². The summed E-state index contributed by atoms with van der Waals surface area (Å²) in [5.74, 6) is 0. The van der Waals surface area contributed by atoms with Gasteiger partial charge < -0.3 is 0 Å². The van der Waals surface area contributed by atoms with Crippen molar-refractivity contribution in [3.8, 4) is 0 Å². The van der Waals surface area contributed by atoms with Gasteiger partial charge in [-0.05, 0) is 48.1 Å². The molecule has 0 unspecified atom stereocenters. The number of rotatable bonds is 0. The van der Waals surface area contributed by atoms with Gasteiger partial charge >= 0.3 is 0 Å². The van der Waals surface area contributed by atoms with Crippen LogP contribution < -0.4 is 0 Å². The first-order valence-electron chi connectivity index (χ1n) is 6.37. The predicted molar refractivity (Wildman–Crippen MR) is 78.0 cm³/mol. The Morgan fingerprint density at radius 1 is 1.06 bits per heavy atom. The molecule has 2 rings (SSSR count). The van der Waals surface area contributed by atoms with E-state index in [1.165, 1.54) is 22.3 Å². The first-order valence-corrected chi connectivity index (χ1v) is 6.37. The molecule has 1 aromatic rings. The van der Waals surface area contributed by atoms with Gasteiger partial charge in [-0.15, -0.1) is 0 Å². The third-order valence-corrected chi connectivity index (χ3v) is 3.03. The van der Waals surface area contributed by atoms with Gasteiger partial charge in [-0.1, -0.05) is 56.8 Å². The van der Waals surface area contributed by atoms with E-state index in [-0.39, 0.29) is 0 Å². The summed E-state index contributed by atoms with van der Waals surface area (Å²) in [5, 5.41) is 0. The quantitative estimate of drug-likeness (QED) is 0.572. The number of benzene rings is 1. The van der Waals surface area contributed by atoms with Crippen molar-refractivity contribution in [2.75, 3.05) is 0 Å². The highest BCUT2D eigenvalue weighted by Gasteiger charge is 2.18. The van der Waals surface area contributed by atoms with Crippen molar-refractivity contribution in [3.63, 3.8) is 0 Å². The van der Waals surface area contributed by atoms with E-state index >= 15 is 0 Å². The molecule has 1 aromatic carbocycles. The standard InChI is InChI=1S/C15H16.C2H6/c1-4-12-10-13-8-6-7-9-15(13)11(3)14(12)5-2;1-2/h4-9H,3,10H2,1-2H3;1-2H3/b12-4-,14-5-;. The average Bonchev–Trinajstić information content (AvgIpc) is 2.41. The van der Waals surface area contributed by atoms with Crippen LogP contribution in [-0.2, 0) is 6.42 Å².